The van der Waals surface area contributed by atoms with Gasteiger partial charge in [-0.1, -0.05) is 48.5 Å². The monoisotopic (exact) mass is 392 g/mol. The second-order valence-corrected chi connectivity index (χ2v) is 9.05. The molecule has 142 valence electrons. The van der Waals surface area contributed by atoms with Crippen LogP contribution in [-0.2, 0) is 16.6 Å². The standard InChI is InChI=1S/C22H21N3O2S/c23-16-20-7-3-4-8-21(20)17-24-11-13-25(14-12-24)28(26,27)22-10-9-18-5-1-2-6-19(18)15-22/h1-10,15H,11-14,17H2/p+1. The normalized spacial score (nSPS) is 16.1. The molecule has 28 heavy (non-hydrogen) atoms. The van der Waals surface area contributed by atoms with Crippen molar-refractivity contribution in [1.29, 1.82) is 5.26 Å². The number of rotatable bonds is 4. The van der Waals surface area contributed by atoms with Gasteiger partial charge in [-0.3, -0.25) is 0 Å². The summed E-state index contributed by atoms with van der Waals surface area (Å²) in [7, 11) is -3.49. The van der Waals surface area contributed by atoms with Gasteiger partial charge in [0.1, 0.15) is 6.54 Å². The Balaban J connectivity index is 1.47. The highest BCUT2D eigenvalue weighted by molar-refractivity contribution is 7.89. The third-order valence-electron chi connectivity index (χ3n) is 5.37. The first-order valence-corrected chi connectivity index (χ1v) is 10.8. The summed E-state index contributed by atoms with van der Waals surface area (Å²) in [5.41, 5.74) is 1.71. The van der Waals surface area contributed by atoms with Crippen LogP contribution in [0.15, 0.2) is 71.6 Å². The van der Waals surface area contributed by atoms with Gasteiger partial charge in [0.05, 0.1) is 42.7 Å². The number of fused-ring (bicyclic) bond motifs is 1. The Morgan fingerprint density at radius 1 is 0.929 bits per heavy atom. The minimum Gasteiger partial charge on any atom is -0.329 e. The molecule has 1 fully saturated rings. The number of hydrogen-bond acceptors (Lipinski definition) is 3. The molecule has 1 aliphatic heterocycles. The van der Waals surface area contributed by atoms with Crippen molar-refractivity contribution in [2.24, 2.45) is 0 Å². The number of sulfonamides is 1. The van der Waals surface area contributed by atoms with E-state index in [2.05, 4.69) is 6.07 Å². The van der Waals surface area contributed by atoms with E-state index in [0.717, 1.165) is 36.0 Å². The predicted octanol–water partition coefficient (Wildman–Crippen LogP) is 1.80. The van der Waals surface area contributed by atoms with E-state index in [4.69, 9.17) is 0 Å². The summed E-state index contributed by atoms with van der Waals surface area (Å²) in [6, 6.07) is 22.9. The molecule has 0 aliphatic carbocycles. The molecule has 1 heterocycles. The van der Waals surface area contributed by atoms with Gasteiger partial charge < -0.3 is 4.90 Å². The summed E-state index contributed by atoms with van der Waals surface area (Å²) in [4.78, 5) is 1.65. The number of nitriles is 1. The lowest BCUT2D eigenvalue weighted by atomic mass is 10.1. The van der Waals surface area contributed by atoms with Crippen LogP contribution >= 0.6 is 0 Å². The zero-order valence-electron chi connectivity index (χ0n) is 15.5. The Labute approximate surface area is 165 Å². The third kappa shape index (κ3) is 3.65. The van der Waals surface area contributed by atoms with Gasteiger partial charge in [-0.05, 0) is 29.0 Å². The highest BCUT2D eigenvalue weighted by Gasteiger charge is 2.30. The topological polar surface area (TPSA) is 65.6 Å². The molecule has 4 rings (SSSR count). The highest BCUT2D eigenvalue weighted by atomic mass is 32.2. The second kappa shape index (κ2) is 7.72. The summed E-state index contributed by atoms with van der Waals surface area (Å²) in [6.07, 6.45) is 0. The second-order valence-electron chi connectivity index (χ2n) is 7.11. The number of piperazine rings is 1. The SMILES string of the molecule is N#Cc1ccccc1C[NH+]1CCN(S(=O)(=O)c2ccc3ccccc3c2)CC1. The largest absolute Gasteiger partial charge is 0.329 e. The summed E-state index contributed by atoms with van der Waals surface area (Å²) in [6.45, 7) is 3.17. The number of benzene rings is 3. The van der Waals surface area contributed by atoms with Crippen molar-refractivity contribution in [3.05, 3.63) is 77.9 Å². The van der Waals surface area contributed by atoms with Crippen molar-refractivity contribution in [2.45, 2.75) is 11.4 Å². The third-order valence-corrected chi connectivity index (χ3v) is 7.26. The van der Waals surface area contributed by atoms with Crippen LogP contribution in [0.2, 0.25) is 0 Å². The van der Waals surface area contributed by atoms with E-state index in [9.17, 15) is 13.7 Å². The Morgan fingerprint density at radius 3 is 2.36 bits per heavy atom. The summed E-state index contributed by atoms with van der Waals surface area (Å²) in [5.74, 6) is 0. The molecule has 3 aromatic rings. The molecule has 0 unspecified atom stereocenters. The quantitative estimate of drug-likeness (QED) is 0.736. The van der Waals surface area contributed by atoms with E-state index < -0.39 is 10.0 Å². The molecule has 0 bridgehead atoms. The fourth-order valence-electron chi connectivity index (χ4n) is 3.75. The van der Waals surface area contributed by atoms with Crippen molar-refractivity contribution in [2.75, 3.05) is 26.2 Å². The van der Waals surface area contributed by atoms with E-state index >= 15 is 0 Å². The molecule has 0 spiro atoms. The molecule has 0 amide bonds. The van der Waals surface area contributed by atoms with E-state index in [1.54, 1.807) is 16.4 Å². The van der Waals surface area contributed by atoms with E-state index in [-0.39, 0.29) is 0 Å². The number of hydrogen-bond donors (Lipinski definition) is 1. The highest BCUT2D eigenvalue weighted by Crippen LogP contribution is 2.22. The molecule has 3 aromatic carbocycles. The molecule has 0 saturated carbocycles. The van der Waals surface area contributed by atoms with Gasteiger partial charge in [0.15, 0.2) is 0 Å². The van der Waals surface area contributed by atoms with Crippen LogP contribution in [0.25, 0.3) is 10.8 Å². The Hall–Kier alpha value is -2.72. The van der Waals surface area contributed by atoms with Gasteiger partial charge in [-0.2, -0.15) is 9.57 Å². The van der Waals surface area contributed by atoms with Gasteiger partial charge in [0, 0.05) is 5.56 Å². The first kappa shape index (κ1) is 18.6. The number of quaternary nitrogens is 1. The van der Waals surface area contributed by atoms with Gasteiger partial charge >= 0.3 is 0 Å². The van der Waals surface area contributed by atoms with Gasteiger partial charge in [0.25, 0.3) is 0 Å². The molecule has 6 heteroatoms. The van der Waals surface area contributed by atoms with E-state index in [1.165, 1.54) is 4.90 Å². The molecular weight excluding hydrogens is 370 g/mol. The van der Waals surface area contributed by atoms with Crippen LogP contribution in [0.3, 0.4) is 0 Å². The first-order chi connectivity index (χ1) is 13.6. The van der Waals surface area contributed by atoms with Crippen molar-refractivity contribution < 1.29 is 13.3 Å². The molecule has 0 atom stereocenters. The molecule has 5 nitrogen and oxygen atoms in total. The lowest BCUT2D eigenvalue weighted by Crippen LogP contribution is -3.13. The maximum absolute atomic E-state index is 13.1. The van der Waals surface area contributed by atoms with Crippen LogP contribution in [-0.4, -0.2) is 38.9 Å². The Morgan fingerprint density at radius 2 is 1.61 bits per heavy atom. The molecular formula is C22H22N3O2S+. The predicted molar refractivity (Wildman–Crippen MR) is 108 cm³/mol. The van der Waals surface area contributed by atoms with Crippen molar-refractivity contribution >= 4 is 20.8 Å². The summed E-state index contributed by atoms with van der Waals surface area (Å²) >= 11 is 0. The number of nitrogens with one attached hydrogen (secondary N) is 1. The molecule has 1 saturated heterocycles. The van der Waals surface area contributed by atoms with Crippen LogP contribution in [0.5, 0.6) is 0 Å². The smallest absolute Gasteiger partial charge is 0.243 e. The molecule has 0 aromatic heterocycles. The maximum atomic E-state index is 13.1. The van der Waals surface area contributed by atoms with E-state index in [0.29, 0.717) is 23.5 Å². The lowest BCUT2D eigenvalue weighted by molar-refractivity contribution is -0.917. The average Bonchev–Trinajstić information content (AvgIpc) is 2.74. The van der Waals surface area contributed by atoms with Gasteiger partial charge in [0.2, 0.25) is 10.0 Å². The number of nitrogens with zero attached hydrogens (tertiary/aromatic N) is 2. The van der Waals surface area contributed by atoms with Gasteiger partial charge in [-0.15, -0.1) is 0 Å². The Kier molecular flexibility index (Phi) is 5.14. The minimum absolute atomic E-state index is 0.351. The van der Waals surface area contributed by atoms with E-state index in [1.807, 2.05) is 54.6 Å². The van der Waals surface area contributed by atoms with Crippen LogP contribution in [0.4, 0.5) is 0 Å². The average molecular weight is 393 g/mol. The first-order valence-electron chi connectivity index (χ1n) is 9.38. The fraction of sp³-hybridized carbons (Fsp3) is 0.227. The van der Waals surface area contributed by atoms with Crippen LogP contribution in [0.1, 0.15) is 11.1 Å². The summed E-state index contributed by atoms with van der Waals surface area (Å²) < 4.78 is 27.7. The lowest BCUT2D eigenvalue weighted by Gasteiger charge is -2.31. The molecule has 1 N–H and O–H groups in total. The fourth-order valence-corrected chi connectivity index (χ4v) is 5.23. The Bertz CT molecular complexity index is 1140. The van der Waals surface area contributed by atoms with Crippen molar-refractivity contribution in [3.8, 4) is 6.07 Å². The zero-order chi connectivity index (χ0) is 19.6. The van der Waals surface area contributed by atoms with Gasteiger partial charge in [-0.25, -0.2) is 8.42 Å². The van der Waals surface area contributed by atoms with Crippen molar-refractivity contribution in [3.63, 3.8) is 0 Å². The molecule has 0 radical (unpaired) electrons. The maximum Gasteiger partial charge on any atom is 0.243 e. The van der Waals surface area contributed by atoms with Crippen LogP contribution < -0.4 is 4.90 Å². The summed E-state index contributed by atoms with van der Waals surface area (Å²) in [5, 5.41) is 11.2. The minimum atomic E-state index is -3.49. The van der Waals surface area contributed by atoms with Crippen molar-refractivity contribution in [1.82, 2.24) is 4.31 Å². The molecule has 1 aliphatic rings. The van der Waals surface area contributed by atoms with Crippen LogP contribution in [0, 0.1) is 11.3 Å². The zero-order valence-corrected chi connectivity index (χ0v) is 16.3.